The van der Waals surface area contributed by atoms with Crippen LogP contribution in [0.4, 0.5) is 0 Å². The number of carbonyl (C=O) groups excluding carboxylic acids is 1. The van der Waals surface area contributed by atoms with Crippen LogP contribution in [0.3, 0.4) is 0 Å². The minimum Gasteiger partial charge on any atom is -0.476 e. The molecule has 90 valence electrons. The van der Waals surface area contributed by atoms with Crippen molar-refractivity contribution in [3.8, 4) is 0 Å². The van der Waals surface area contributed by atoms with Crippen LogP contribution in [0.25, 0.3) is 0 Å². The summed E-state index contributed by atoms with van der Waals surface area (Å²) in [6.07, 6.45) is 6.18. The van der Waals surface area contributed by atoms with Crippen LogP contribution in [0.5, 0.6) is 0 Å². The Bertz CT molecular complexity index is 241. The molecule has 0 spiro atoms. The van der Waals surface area contributed by atoms with Crippen molar-refractivity contribution in [3.63, 3.8) is 0 Å². The lowest BCUT2D eigenvalue weighted by atomic mass is 9.95. The van der Waals surface area contributed by atoms with E-state index in [1.807, 2.05) is 0 Å². The standard InChI is InChI=1S/C12H18O4/c1-3-12(13)16-11-7-5-10(6-8-11)15-9-14-4-2/h3-4,10-11H,1-2,5-9H2. The highest BCUT2D eigenvalue weighted by atomic mass is 16.7. The summed E-state index contributed by atoms with van der Waals surface area (Å²) < 4.78 is 15.5. The van der Waals surface area contributed by atoms with E-state index in [9.17, 15) is 4.79 Å². The summed E-state index contributed by atoms with van der Waals surface area (Å²) in [6.45, 7) is 7.04. The highest BCUT2D eigenvalue weighted by Gasteiger charge is 2.23. The summed E-state index contributed by atoms with van der Waals surface area (Å²) in [5.41, 5.74) is 0. The second-order valence-electron chi connectivity index (χ2n) is 3.66. The smallest absolute Gasteiger partial charge is 0.330 e. The molecule has 0 unspecified atom stereocenters. The first-order valence-corrected chi connectivity index (χ1v) is 5.43. The Kier molecular flexibility index (Phi) is 5.64. The van der Waals surface area contributed by atoms with Crippen LogP contribution < -0.4 is 0 Å². The minimum atomic E-state index is -0.348. The van der Waals surface area contributed by atoms with Crippen molar-refractivity contribution in [1.82, 2.24) is 0 Å². The largest absolute Gasteiger partial charge is 0.476 e. The van der Waals surface area contributed by atoms with E-state index in [0.717, 1.165) is 25.7 Å². The fraction of sp³-hybridized carbons (Fsp3) is 0.583. The molecule has 1 fully saturated rings. The highest BCUT2D eigenvalue weighted by molar-refractivity contribution is 5.81. The Morgan fingerprint density at radius 3 is 2.38 bits per heavy atom. The van der Waals surface area contributed by atoms with E-state index in [1.165, 1.54) is 12.3 Å². The van der Waals surface area contributed by atoms with Crippen LogP contribution in [0.1, 0.15) is 25.7 Å². The van der Waals surface area contributed by atoms with E-state index in [-0.39, 0.29) is 25.0 Å². The van der Waals surface area contributed by atoms with Crippen LogP contribution in [-0.4, -0.2) is 25.0 Å². The maximum atomic E-state index is 11.0. The molecule has 0 N–H and O–H groups in total. The monoisotopic (exact) mass is 226 g/mol. The van der Waals surface area contributed by atoms with Gasteiger partial charge in [-0.15, -0.1) is 0 Å². The van der Waals surface area contributed by atoms with Gasteiger partial charge in [0.05, 0.1) is 12.4 Å². The molecule has 1 saturated carbocycles. The third-order valence-corrected chi connectivity index (χ3v) is 2.56. The number of hydrogen-bond donors (Lipinski definition) is 0. The maximum Gasteiger partial charge on any atom is 0.330 e. The van der Waals surface area contributed by atoms with Gasteiger partial charge in [0.25, 0.3) is 0 Å². The quantitative estimate of drug-likeness (QED) is 0.229. The number of hydrogen-bond acceptors (Lipinski definition) is 4. The number of carbonyl (C=O) groups is 1. The molecule has 1 aliphatic carbocycles. The molecule has 1 rings (SSSR count). The Hall–Kier alpha value is -1.29. The van der Waals surface area contributed by atoms with Gasteiger partial charge in [-0.05, 0) is 25.7 Å². The zero-order valence-corrected chi connectivity index (χ0v) is 9.39. The third kappa shape index (κ3) is 4.49. The Balaban J connectivity index is 2.15. The topological polar surface area (TPSA) is 44.8 Å². The molecule has 0 heterocycles. The summed E-state index contributed by atoms with van der Waals surface area (Å²) in [6, 6.07) is 0. The highest BCUT2D eigenvalue weighted by Crippen LogP contribution is 2.23. The molecule has 4 heteroatoms. The van der Waals surface area contributed by atoms with Crippen molar-refractivity contribution >= 4 is 5.97 Å². The van der Waals surface area contributed by atoms with E-state index in [0.29, 0.717) is 0 Å². The summed E-state index contributed by atoms with van der Waals surface area (Å²) in [4.78, 5) is 11.0. The normalized spacial score (nSPS) is 24.5. The average Bonchev–Trinajstić information content (AvgIpc) is 2.31. The Morgan fingerprint density at radius 2 is 1.81 bits per heavy atom. The van der Waals surface area contributed by atoms with Crippen LogP contribution in [0, 0.1) is 0 Å². The molecule has 0 atom stereocenters. The summed E-state index contributed by atoms with van der Waals surface area (Å²) in [5, 5.41) is 0. The first-order valence-electron chi connectivity index (χ1n) is 5.43. The molecule has 16 heavy (non-hydrogen) atoms. The van der Waals surface area contributed by atoms with Gasteiger partial charge in [0.2, 0.25) is 0 Å². The Labute approximate surface area is 95.9 Å². The fourth-order valence-electron chi connectivity index (χ4n) is 1.71. The minimum absolute atomic E-state index is 0.00525. The first kappa shape index (κ1) is 12.8. The molecular weight excluding hydrogens is 208 g/mol. The van der Waals surface area contributed by atoms with Crippen molar-refractivity contribution in [2.75, 3.05) is 6.79 Å². The van der Waals surface area contributed by atoms with Crippen LogP contribution in [0.15, 0.2) is 25.5 Å². The van der Waals surface area contributed by atoms with E-state index >= 15 is 0 Å². The number of esters is 1. The van der Waals surface area contributed by atoms with E-state index in [1.54, 1.807) is 0 Å². The second kappa shape index (κ2) is 7.06. The van der Waals surface area contributed by atoms with Gasteiger partial charge in [0.15, 0.2) is 6.79 Å². The SMILES string of the molecule is C=COCOC1CCC(OC(=O)C=C)CC1. The van der Waals surface area contributed by atoms with Crippen LogP contribution >= 0.6 is 0 Å². The molecule has 4 nitrogen and oxygen atoms in total. The van der Waals surface area contributed by atoms with Gasteiger partial charge < -0.3 is 14.2 Å². The Morgan fingerprint density at radius 1 is 1.19 bits per heavy atom. The molecule has 0 saturated heterocycles. The number of rotatable bonds is 6. The number of ether oxygens (including phenoxy) is 3. The van der Waals surface area contributed by atoms with Gasteiger partial charge >= 0.3 is 5.97 Å². The predicted octanol–water partition coefficient (Wildman–Crippen LogP) is 2.16. The van der Waals surface area contributed by atoms with Crippen molar-refractivity contribution in [1.29, 1.82) is 0 Å². The van der Waals surface area contributed by atoms with Crippen molar-refractivity contribution in [2.45, 2.75) is 37.9 Å². The summed E-state index contributed by atoms with van der Waals surface area (Å²) >= 11 is 0. The molecule has 0 radical (unpaired) electrons. The van der Waals surface area contributed by atoms with Gasteiger partial charge in [0.1, 0.15) is 6.10 Å². The molecule has 0 bridgehead atoms. The average molecular weight is 226 g/mol. The first-order chi connectivity index (χ1) is 7.76. The lowest BCUT2D eigenvalue weighted by Crippen LogP contribution is -2.28. The zero-order chi connectivity index (χ0) is 11.8. The molecule has 0 aromatic rings. The van der Waals surface area contributed by atoms with Crippen molar-refractivity contribution in [3.05, 3.63) is 25.5 Å². The second-order valence-corrected chi connectivity index (χ2v) is 3.66. The van der Waals surface area contributed by atoms with Gasteiger partial charge in [-0.2, -0.15) is 0 Å². The van der Waals surface area contributed by atoms with E-state index in [4.69, 9.17) is 14.2 Å². The van der Waals surface area contributed by atoms with E-state index < -0.39 is 0 Å². The molecule has 0 aromatic carbocycles. The van der Waals surface area contributed by atoms with Crippen molar-refractivity contribution < 1.29 is 19.0 Å². The molecule has 0 aliphatic heterocycles. The predicted molar refractivity (Wildman–Crippen MR) is 59.6 cm³/mol. The van der Waals surface area contributed by atoms with Crippen LogP contribution in [0.2, 0.25) is 0 Å². The molecule has 0 amide bonds. The maximum absolute atomic E-state index is 11.0. The van der Waals surface area contributed by atoms with E-state index in [2.05, 4.69) is 13.2 Å². The third-order valence-electron chi connectivity index (χ3n) is 2.56. The van der Waals surface area contributed by atoms with Gasteiger partial charge in [-0.3, -0.25) is 0 Å². The summed E-state index contributed by atoms with van der Waals surface area (Å²) in [7, 11) is 0. The van der Waals surface area contributed by atoms with Crippen LogP contribution in [-0.2, 0) is 19.0 Å². The van der Waals surface area contributed by atoms with Gasteiger partial charge in [0, 0.05) is 6.08 Å². The lowest BCUT2D eigenvalue weighted by Gasteiger charge is -2.27. The zero-order valence-electron chi connectivity index (χ0n) is 9.39. The fourth-order valence-corrected chi connectivity index (χ4v) is 1.71. The van der Waals surface area contributed by atoms with Gasteiger partial charge in [-0.1, -0.05) is 13.2 Å². The van der Waals surface area contributed by atoms with Crippen molar-refractivity contribution in [2.24, 2.45) is 0 Å². The molecule has 1 aliphatic rings. The summed E-state index contributed by atoms with van der Waals surface area (Å²) in [5.74, 6) is -0.348. The van der Waals surface area contributed by atoms with Gasteiger partial charge in [-0.25, -0.2) is 4.79 Å². The lowest BCUT2D eigenvalue weighted by molar-refractivity contribution is -0.147. The molecular formula is C12H18O4. The molecule has 0 aromatic heterocycles.